The van der Waals surface area contributed by atoms with Gasteiger partial charge in [-0.25, -0.2) is 0 Å². The zero-order valence-corrected chi connectivity index (χ0v) is 6.93. The smallest absolute Gasteiger partial charge is 0.221 e. The van der Waals surface area contributed by atoms with Crippen LogP contribution in [0.3, 0.4) is 0 Å². The maximum absolute atomic E-state index is 10.8. The van der Waals surface area contributed by atoms with E-state index in [2.05, 4.69) is 5.32 Å². The first-order valence-corrected chi connectivity index (χ1v) is 3.77. The van der Waals surface area contributed by atoms with E-state index in [-0.39, 0.29) is 5.91 Å². The van der Waals surface area contributed by atoms with Crippen LogP contribution in [0.4, 0.5) is 0 Å². The largest absolute Gasteiger partial charge is 0.385 e. The molecule has 0 aromatic carbocycles. The van der Waals surface area contributed by atoms with Gasteiger partial charge in [-0.2, -0.15) is 0 Å². The molecule has 0 bridgehead atoms. The van der Waals surface area contributed by atoms with Gasteiger partial charge in [0.25, 0.3) is 0 Å². The van der Waals surface area contributed by atoms with Gasteiger partial charge in [0.15, 0.2) is 0 Å². The molecule has 3 N–H and O–H groups in total. The van der Waals surface area contributed by atoms with Crippen molar-refractivity contribution in [3.05, 3.63) is 0 Å². The Bertz CT molecular complexity index is 107. The van der Waals surface area contributed by atoms with Gasteiger partial charge in [0.1, 0.15) is 0 Å². The van der Waals surface area contributed by atoms with Crippen molar-refractivity contribution in [3.8, 4) is 0 Å². The molecular weight excluding hydrogens is 144 g/mol. The number of methoxy groups -OCH3 is 1. The second-order valence-electron chi connectivity index (χ2n) is 2.23. The highest BCUT2D eigenvalue weighted by Gasteiger charge is 1.96. The van der Waals surface area contributed by atoms with Crippen LogP contribution in [0.1, 0.15) is 12.8 Å². The highest BCUT2D eigenvalue weighted by molar-refractivity contribution is 5.75. The quantitative estimate of drug-likeness (QED) is 0.514. The molecule has 4 heteroatoms. The van der Waals surface area contributed by atoms with E-state index in [0.717, 1.165) is 6.42 Å². The van der Waals surface area contributed by atoms with Gasteiger partial charge in [-0.15, -0.1) is 0 Å². The average molecular weight is 160 g/mol. The lowest BCUT2D eigenvalue weighted by atomic mass is 10.4. The number of hydrogen-bond donors (Lipinski definition) is 2. The third kappa shape index (κ3) is 7.29. The highest BCUT2D eigenvalue weighted by Crippen LogP contribution is 1.79. The van der Waals surface area contributed by atoms with Gasteiger partial charge in [-0.3, -0.25) is 4.79 Å². The van der Waals surface area contributed by atoms with Crippen molar-refractivity contribution in [3.63, 3.8) is 0 Å². The summed E-state index contributed by atoms with van der Waals surface area (Å²) in [5, 5.41) is 2.72. The summed E-state index contributed by atoms with van der Waals surface area (Å²) in [7, 11) is 1.64. The number of carbonyl (C=O) groups excluding carboxylic acids is 1. The fourth-order valence-electron chi connectivity index (χ4n) is 0.664. The maximum atomic E-state index is 10.8. The molecule has 11 heavy (non-hydrogen) atoms. The fraction of sp³-hybridized carbons (Fsp3) is 0.857. The zero-order chi connectivity index (χ0) is 8.53. The number of nitrogens with two attached hydrogens (primary N) is 1. The van der Waals surface area contributed by atoms with E-state index in [0.29, 0.717) is 26.1 Å². The molecular formula is C7H16N2O2. The Morgan fingerprint density at radius 1 is 1.64 bits per heavy atom. The molecule has 0 aromatic rings. The summed E-state index contributed by atoms with van der Waals surface area (Å²) in [6, 6.07) is 0. The van der Waals surface area contributed by atoms with E-state index in [1.165, 1.54) is 0 Å². The molecule has 0 fully saturated rings. The Hall–Kier alpha value is -0.610. The number of carbonyl (C=O) groups is 1. The SMILES string of the molecule is COCCCNC(=O)CCN. The Balaban J connectivity index is 3.04. The highest BCUT2D eigenvalue weighted by atomic mass is 16.5. The molecule has 66 valence electrons. The van der Waals surface area contributed by atoms with Crippen LogP contribution in [0.5, 0.6) is 0 Å². The molecule has 4 nitrogen and oxygen atoms in total. The standard InChI is InChI=1S/C7H16N2O2/c1-11-6-2-5-9-7(10)3-4-8/h2-6,8H2,1H3,(H,9,10). The van der Waals surface area contributed by atoms with Gasteiger partial charge in [0.2, 0.25) is 5.91 Å². The molecule has 0 heterocycles. The van der Waals surface area contributed by atoms with Crippen LogP contribution in [0, 0.1) is 0 Å². The number of amides is 1. The lowest BCUT2D eigenvalue weighted by Gasteiger charge is -2.02. The van der Waals surface area contributed by atoms with Crippen molar-refractivity contribution < 1.29 is 9.53 Å². The first kappa shape index (κ1) is 10.4. The predicted octanol–water partition coefficient (Wildman–Crippen LogP) is -0.512. The monoisotopic (exact) mass is 160 g/mol. The molecule has 0 saturated carbocycles. The molecule has 0 atom stereocenters. The average Bonchev–Trinajstić information content (AvgIpc) is 1.99. The molecule has 0 aliphatic carbocycles. The maximum Gasteiger partial charge on any atom is 0.221 e. The van der Waals surface area contributed by atoms with Crippen molar-refractivity contribution in [2.24, 2.45) is 5.73 Å². The third-order valence-corrected chi connectivity index (χ3v) is 1.22. The Kier molecular flexibility index (Phi) is 7.08. The second kappa shape index (κ2) is 7.50. The first-order valence-electron chi connectivity index (χ1n) is 3.77. The van der Waals surface area contributed by atoms with Crippen molar-refractivity contribution >= 4 is 5.91 Å². The fourth-order valence-corrected chi connectivity index (χ4v) is 0.664. The number of ether oxygens (including phenoxy) is 1. The molecule has 0 aliphatic rings. The molecule has 1 amide bonds. The van der Waals surface area contributed by atoms with Crippen molar-refractivity contribution in [2.75, 3.05) is 26.8 Å². The Morgan fingerprint density at radius 2 is 2.36 bits per heavy atom. The van der Waals surface area contributed by atoms with Crippen LogP contribution in [-0.2, 0) is 9.53 Å². The van der Waals surface area contributed by atoms with E-state index in [9.17, 15) is 4.79 Å². The van der Waals surface area contributed by atoms with Crippen LogP contribution in [0.15, 0.2) is 0 Å². The van der Waals surface area contributed by atoms with Gasteiger partial charge in [0.05, 0.1) is 0 Å². The predicted molar refractivity (Wildman–Crippen MR) is 43.2 cm³/mol. The number of nitrogens with one attached hydrogen (secondary N) is 1. The summed E-state index contributed by atoms with van der Waals surface area (Å²) >= 11 is 0. The van der Waals surface area contributed by atoms with Crippen LogP contribution in [-0.4, -0.2) is 32.7 Å². The molecule has 0 radical (unpaired) electrons. The van der Waals surface area contributed by atoms with Crippen LogP contribution >= 0.6 is 0 Å². The van der Waals surface area contributed by atoms with E-state index < -0.39 is 0 Å². The van der Waals surface area contributed by atoms with E-state index >= 15 is 0 Å². The van der Waals surface area contributed by atoms with Crippen LogP contribution in [0.25, 0.3) is 0 Å². The third-order valence-electron chi connectivity index (χ3n) is 1.22. The van der Waals surface area contributed by atoms with Crippen molar-refractivity contribution in [2.45, 2.75) is 12.8 Å². The Labute approximate surface area is 67.1 Å². The summed E-state index contributed by atoms with van der Waals surface area (Å²) in [6.07, 6.45) is 1.26. The topological polar surface area (TPSA) is 64.3 Å². The van der Waals surface area contributed by atoms with E-state index in [1.54, 1.807) is 7.11 Å². The summed E-state index contributed by atoms with van der Waals surface area (Å²) in [5.41, 5.74) is 5.17. The summed E-state index contributed by atoms with van der Waals surface area (Å²) < 4.78 is 4.81. The van der Waals surface area contributed by atoms with Crippen LogP contribution in [0.2, 0.25) is 0 Å². The zero-order valence-electron chi connectivity index (χ0n) is 6.93. The molecule has 0 aliphatic heterocycles. The Morgan fingerprint density at radius 3 is 2.91 bits per heavy atom. The lowest BCUT2D eigenvalue weighted by Crippen LogP contribution is -2.26. The summed E-state index contributed by atoms with van der Waals surface area (Å²) in [6.45, 7) is 1.77. The normalized spacial score (nSPS) is 9.64. The second-order valence-corrected chi connectivity index (χ2v) is 2.23. The minimum absolute atomic E-state index is 0.0172. The van der Waals surface area contributed by atoms with Gasteiger partial charge < -0.3 is 15.8 Å². The van der Waals surface area contributed by atoms with E-state index in [4.69, 9.17) is 10.5 Å². The van der Waals surface area contributed by atoms with Gasteiger partial charge in [0, 0.05) is 33.2 Å². The lowest BCUT2D eigenvalue weighted by molar-refractivity contribution is -0.120. The molecule has 0 spiro atoms. The van der Waals surface area contributed by atoms with E-state index in [1.807, 2.05) is 0 Å². The van der Waals surface area contributed by atoms with Crippen LogP contribution < -0.4 is 11.1 Å². The first-order chi connectivity index (χ1) is 5.31. The minimum Gasteiger partial charge on any atom is -0.385 e. The van der Waals surface area contributed by atoms with Gasteiger partial charge >= 0.3 is 0 Å². The minimum atomic E-state index is 0.0172. The number of rotatable bonds is 6. The molecule has 0 unspecified atom stereocenters. The molecule has 0 saturated heterocycles. The van der Waals surface area contributed by atoms with Gasteiger partial charge in [-0.05, 0) is 6.42 Å². The summed E-state index contributed by atoms with van der Waals surface area (Å²) in [5.74, 6) is 0.0172. The molecule has 0 aromatic heterocycles. The number of hydrogen-bond acceptors (Lipinski definition) is 3. The van der Waals surface area contributed by atoms with Crippen molar-refractivity contribution in [1.29, 1.82) is 0 Å². The molecule has 0 rings (SSSR count). The summed E-state index contributed by atoms with van der Waals surface area (Å²) in [4.78, 5) is 10.8. The van der Waals surface area contributed by atoms with Gasteiger partial charge in [-0.1, -0.05) is 0 Å². The van der Waals surface area contributed by atoms with Crippen molar-refractivity contribution in [1.82, 2.24) is 5.32 Å².